The van der Waals surface area contributed by atoms with Crippen molar-refractivity contribution in [1.29, 1.82) is 0 Å². The molecule has 0 aliphatic carbocycles. The minimum atomic E-state index is 0.0498. The van der Waals surface area contributed by atoms with E-state index in [9.17, 15) is 4.79 Å². The van der Waals surface area contributed by atoms with E-state index in [0.717, 1.165) is 37.1 Å². The quantitative estimate of drug-likeness (QED) is 0.839. The van der Waals surface area contributed by atoms with Gasteiger partial charge in [-0.05, 0) is 43.9 Å². The van der Waals surface area contributed by atoms with Crippen LogP contribution >= 0.6 is 0 Å². The molecule has 1 saturated heterocycles. The molecule has 20 heavy (non-hydrogen) atoms. The number of amides is 1. The molecule has 3 heteroatoms. The maximum Gasteiger partial charge on any atom is 0.255 e. The van der Waals surface area contributed by atoms with Gasteiger partial charge in [0.2, 0.25) is 0 Å². The molecule has 0 radical (unpaired) electrons. The molecule has 1 N–H and O–H groups in total. The highest BCUT2D eigenvalue weighted by atomic mass is 16.2. The summed E-state index contributed by atoms with van der Waals surface area (Å²) in [5.41, 5.74) is 2.55. The van der Waals surface area contributed by atoms with E-state index < -0.39 is 0 Å². The Hall–Kier alpha value is -1.79. The minimum Gasteiger partial charge on any atom is -0.395 e. The second-order valence-electron chi connectivity index (χ2n) is 5.18. The molecular weight excluding hydrogens is 250 g/mol. The van der Waals surface area contributed by atoms with Gasteiger partial charge < -0.3 is 10.0 Å². The highest BCUT2D eigenvalue weighted by molar-refractivity contribution is 5.96. The van der Waals surface area contributed by atoms with Crippen molar-refractivity contribution in [3.05, 3.63) is 34.9 Å². The van der Waals surface area contributed by atoms with Gasteiger partial charge in [0, 0.05) is 25.1 Å². The van der Waals surface area contributed by atoms with Crippen molar-refractivity contribution in [3.63, 3.8) is 0 Å². The Morgan fingerprint density at radius 1 is 1.30 bits per heavy atom. The third-order valence-corrected chi connectivity index (χ3v) is 3.51. The Kier molecular flexibility index (Phi) is 5.20. The molecule has 106 valence electrons. The second kappa shape index (κ2) is 7.12. The lowest BCUT2D eigenvalue weighted by Crippen LogP contribution is -2.36. The number of aryl methyl sites for hydroxylation is 1. The minimum absolute atomic E-state index is 0.0498. The molecule has 1 aliphatic heterocycles. The van der Waals surface area contributed by atoms with Crippen molar-refractivity contribution in [2.24, 2.45) is 0 Å². The summed E-state index contributed by atoms with van der Waals surface area (Å²) in [5, 5.41) is 8.80. The average molecular weight is 271 g/mol. The van der Waals surface area contributed by atoms with Crippen LogP contribution in [0.5, 0.6) is 0 Å². The van der Waals surface area contributed by atoms with Crippen LogP contribution in [0.3, 0.4) is 0 Å². The van der Waals surface area contributed by atoms with Crippen molar-refractivity contribution in [2.75, 3.05) is 19.7 Å². The number of piperidine rings is 1. The van der Waals surface area contributed by atoms with E-state index in [4.69, 9.17) is 5.11 Å². The molecule has 1 aromatic carbocycles. The Morgan fingerprint density at radius 2 is 2.05 bits per heavy atom. The normalized spacial score (nSPS) is 14.6. The fourth-order valence-corrected chi connectivity index (χ4v) is 2.43. The molecule has 1 fully saturated rings. The predicted octanol–water partition coefficient (Wildman–Crippen LogP) is 2.36. The van der Waals surface area contributed by atoms with E-state index in [2.05, 4.69) is 11.8 Å². The Morgan fingerprint density at radius 3 is 2.75 bits per heavy atom. The summed E-state index contributed by atoms with van der Waals surface area (Å²) in [5.74, 6) is 6.01. The SMILES string of the molecule is Cc1ccc(C(=O)N2CCCCC2)c(C#CCCO)c1. The van der Waals surface area contributed by atoms with Crippen LogP contribution in [-0.4, -0.2) is 35.6 Å². The van der Waals surface area contributed by atoms with Gasteiger partial charge in [0.15, 0.2) is 0 Å². The van der Waals surface area contributed by atoms with Gasteiger partial charge in [-0.3, -0.25) is 4.79 Å². The molecule has 2 rings (SSSR count). The maximum atomic E-state index is 12.6. The third-order valence-electron chi connectivity index (χ3n) is 3.51. The molecule has 0 aromatic heterocycles. The molecule has 0 unspecified atom stereocenters. The summed E-state index contributed by atoms with van der Waals surface area (Å²) < 4.78 is 0. The molecule has 3 nitrogen and oxygen atoms in total. The number of aliphatic hydroxyl groups excluding tert-OH is 1. The molecule has 1 heterocycles. The van der Waals surface area contributed by atoms with Crippen molar-refractivity contribution < 1.29 is 9.90 Å². The molecule has 1 aliphatic rings. The summed E-state index contributed by atoms with van der Waals surface area (Å²) >= 11 is 0. The highest BCUT2D eigenvalue weighted by Gasteiger charge is 2.20. The van der Waals surface area contributed by atoms with Gasteiger partial charge in [-0.25, -0.2) is 0 Å². The maximum absolute atomic E-state index is 12.6. The number of rotatable bonds is 2. The fraction of sp³-hybridized carbons (Fsp3) is 0.471. The first kappa shape index (κ1) is 14.6. The number of nitrogens with zero attached hydrogens (tertiary/aromatic N) is 1. The van der Waals surface area contributed by atoms with Gasteiger partial charge in [-0.2, -0.15) is 0 Å². The Balaban J connectivity index is 2.25. The van der Waals surface area contributed by atoms with E-state index in [1.165, 1.54) is 6.42 Å². The van der Waals surface area contributed by atoms with Crippen molar-refractivity contribution >= 4 is 5.91 Å². The van der Waals surface area contributed by atoms with Crippen LogP contribution in [-0.2, 0) is 0 Å². The van der Waals surface area contributed by atoms with Gasteiger partial charge in [-0.1, -0.05) is 17.9 Å². The van der Waals surface area contributed by atoms with Crippen molar-refractivity contribution in [1.82, 2.24) is 4.90 Å². The first-order valence-electron chi connectivity index (χ1n) is 7.22. The van der Waals surface area contributed by atoms with Gasteiger partial charge in [0.25, 0.3) is 5.91 Å². The molecule has 0 bridgehead atoms. The van der Waals surface area contributed by atoms with Crippen LogP contribution in [0.1, 0.15) is 47.2 Å². The third kappa shape index (κ3) is 3.61. The van der Waals surface area contributed by atoms with Crippen LogP contribution < -0.4 is 0 Å². The van der Waals surface area contributed by atoms with Gasteiger partial charge in [0.05, 0.1) is 12.2 Å². The summed E-state index contributed by atoms with van der Waals surface area (Å²) in [7, 11) is 0. The summed E-state index contributed by atoms with van der Waals surface area (Å²) in [6.45, 7) is 3.73. The fourth-order valence-electron chi connectivity index (χ4n) is 2.43. The van der Waals surface area contributed by atoms with E-state index >= 15 is 0 Å². The first-order valence-corrected chi connectivity index (χ1v) is 7.22. The molecule has 0 saturated carbocycles. The van der Waals surface area contributed by atoms with Crippen LogP contribution in [0.15, 0.2) is 18.2 Å². The largest absolute Gasteiger partial charge is 0.395 e. The lowest BCUT2D eigenvalue weighted by Gasteiger charge is -2.27. The highest BCUT2D eigenvalue weighted by Crippen LogP contribution is 2.17. The van der Waals surface area contributed by atoms with Gasteiger partial charge in [-0.15, -0.1) is 0 Å². The second-order valence-corrected chi connectivity index (χ2v) is 5.18. The van der Waals surface area contributed by atoms with E-state index in [1.807, 2.05) is 30.0 Å². The number of aliphatic hydroxyl groups is 1. The zero-order chi connectivity index (χ0) is 14.4. The first-order chi connectivity index (χ1) is 9.72. The number of likely N-dealkylation sites (tertiary alicyclic amines) is 1. The van der Waals surface area contributed by atoms with Crippen LogP contribution in [0, 0.1) is 18.8 Å². The topological polar surface area (TPSA) is 40.5 Å². The summed E-state index contributed by atoms with van der Waals surface area (Å²) in [6, 6.07) is 5.77. The number of carbonyl (C=O) groups is 1. The van der Waals surface area contributed by atoms with Crippen molar-refractivity contribution in [3.8, 4) is 11.8 Å². The van der Waals surface area contributed by atoms with Gasteiger partial charge >= 0.3 is 0 Å². The Labute approximate surface area is 120 Å². The monoisotopic (exact) mass is 271 g/mol. The number of hydrogen-bond donors (Lipinski definition) is 1. The van der Waals surface area contributed by atoms with E-state index in [-0.39, 0.29) is 12.5 Å². The summed E-state index contributed by atoms with van der Waals surface area (Å²) in [4.78, 5) is 14.5. The molecule has 1 aromatic rings. The number of benzene rings is 1. The lowest BCUT2D eigenvalue weighted by atomic mass is 10.0. The van der Waals surface area contributed by atoms with Crippen LogP contribution in [0.25, 0.3) is 0 Å². The molecule has 0 spiro atoms. The number of hydrogen-bond acceptors (Lipinski definition) is 2. The van der Waals surface area contributed by atoms with E-state index in [1.54, 1.807) is 0 Å². The smallest absolute Gasteiger partial charge is 0.255 e. The van der Waals surface area contributed by atoms with Crippen LogP contribution in [0.2, 0.25) is 0 Å². The standard InChI is InChI=1S/C17H21NO2/c1-14-8-9-16(15(13-14)7-3-6-12-19)17(20)18-10-4-2-5-11-18/h8-9,13,19H,2,4-6,10-12H2,1H3. The lowest BCUT2D eigenvalue weighted by molar-refractivity contribution is 0.0724. The molecular formula is C17H21NO2. The predicted molar refractivity (Wildman–Crippen MR) is 79.5 cm³/mol. The molecule has 1 amide bonds. The zero-order valence-electron chi connectivity index (χ0n) is 12.0. The van der Waals surface area contributed by atoms with Crippen molar-refractivity contribution in [2.45, 2.75) is 32.6 Å². The van der Waals surface area contributed by atoms with E-state index in [0.29, 0.717) is 12.0 Å². The Bertz CT molecular complexity index is 534. The van der Waals surface area contributed by atoms with Gasteiger partial charge in [0.1, 0.15) is 0 Å². The number of carbonyl (C=O) groups excluding carboxylic acids is 1. The average Bonchev–Trinajstić information content (AvgIpc) is 2.48. The zero-order valence-corrected chi connectivity index (χ0v) is 12.0. The van der Waals surface area contributed by atoms with Crippen LogP contribution in [0.4, 0.5) is 0 Å². The summed E-state index contributed by atoms with van der Waals surface area (Å²) in [6.07, 6.45) is 3.82. The molecule has 0 atom stereocenters.